The number of piperidine rings is 1. The molecule has 2 heterocycles. The summed E-state index contributed by atoms with van der Waals surface area (Å²) in [5.41, 5.74) is 5.52. The fourth-order valence-corrected chi connectivity index (χ4v) is 3.97. The third-order valence-corrected chi connectivity index (χ3v) is 5.65. The number of carbonyl (C=O) groups excluding carboxylic acids is 1. The number of alkyl halides is 3. The average molecular weight is 468 g/mol. The van der Waals surface area contributed by atoms with Crippen LogP contribution in [0.25, 0.3) is 0 Å². The third-order valence-electron chi connectivity index (χ3n) is 5.65. The van der Waals surface area contributed by atoms with Crippen molar-refractivity contribution in [2.75, 3.05) is 11.9 Å². The molecule has 3 rings (SSSR count). The van der Waals surface area contributed by atoms with Crippen molar-refractivity contribution < 1.29 is 32.3 Å². The lowest BCUT2D eigenvalue weighted by Gasteiger charge is -2.45. The zero-order valence-corrected chi connectivity index (χ0v) is 17.3. The van der Waals surface area contributed by atoms with Crippen molar-refractivity contribution in [3.05, 3.63) is 41.8 Å². The van der Waals surface area contributed by atoms with E-state index >= 15 is 0 Å². The van der Waals surface area contributed by atoms with Gasteiger partial charge in [0.25, 0.3) is 5.91 Å². The van der Waals surface area contributed by atoms with Crippen LogP contribution in [-0.4, -0.2) is 50.6 Å². The number of carboxylic acid groups (broad SMARTS) is 1. The molecule has 1 aromatic heterocycles. The highest BCUT2D eigenvalue weighted by atomic mass is 19.4. The Morgan fingerprint density at radius 1 is 1.33 bits per heavy atom. The van der Waals surface area contributed by atoms with Crippen molar-refractivity contribution in [1.82, 2.24) is 14.7 Å². The van der Waals surface area contributed by atoms with Crippen LogP contribution in [0.15, 0.2) is 30.5 Å². The zero-order valence-electron chi connectivity index (χ0n) is 17.3. The number of amides is 2. The Labute approximate surface area is 185 Å². The molecule has 1 aliphatic heterocycles. The van der Waals surface area contributed by atoms with Crippen molar-refractivity contribution in [3.63, 3.8) is 0 Å². The van der Waals surface area contributed by atoms with E-state index in [4.69, 9.17) is 5.73 Å². The minimum Gasteiger partial charge on any atom is -0.465 e. The predicted octanol–water partition coefficient (Wildman–Crippen LogP) is 3.50. The van der Waals surface area contributed by atoms with Crippen molar-refractivity contribution in [2.24, 2.45) is 17.6 Å². The molecule has 176 valence electrons. The van der Waals surface area contributed by atoms with Gasteiger partial charge in [-0.1, -0.05) is 6.92 Å². The first kappa shape index (κ1) is 23.8. The van der Waals surface area contributed by atoms with Crippen LogP contribution >= 0.6 is 0 Å². The monoisotopic (exact) mass is 468 g/mol. The van der Waals surface area contributed by atoms with E-state index in [0.29, 0.717) is 10.6 Å². The number of nitrogens with two attached hydrogens (primary N) is 1. The molecule has 2 amide bonds. The van der Waals surface area contributed by atoms with Crippen LogP contribution in [0.4, 0.5) is 33.9 Å². The lowest BCUT2D eigenvalue weighted by atomic mass is 9.80. The summed E-state index contributed by atoms with van der Waals surface area (Å²) in [6.45, 7) is 0.573. The number of benzene rings is 1. The summed E-state index contributed by atoms with van der Waals surface area (Å²) < 4.78 is 55.2. The maximum absolute atomic E-state index is 13.7. The van der Waals surface area contributed by atoms with Gasteiger partial charge in [0, 0.05) is 18.4 Å². The Bertz CT molecular complexity index is 1080. The maximum Gasteiger partial charge on any atom is 0.407 e. The van der Waals surface area contributed by atoms with Gasteiger partial charge < -0.3 is 21.1 Å². The highest BCUT2D eigenvalue weighted by Crippen LogP contribution is 2.42. The standard InChI is InChI=1S/C20H20F4N6O3/c1-10(20(22,23)24)15-16(11(8-25)6-7-29(15)19(32)33)30-9-14(17(26)31)18(28-30)27-13-4-2-12(21)3-5-13/h2-5,9-11,15-16H,6-7H2,1H3,(H2,26,31)(H,27,28)(H,32,33). The van der Waals surface area contributed by atoms with E-state index in [9.17, 15) is 37.5 Å². The number of aromatic nitrogens is 2. The van der Waals surface area contributed by atoms with Crippen LogP contribution in [0, 0.1) is 29.0 Å². The smallest absolute Gasteiger partial charge is 0.407 e. The molecule has 0 bridgehead atoms. The van der Waals surface area contributed by atoms with Gasteiger partial charge in [-0.2, -0.15) is 23.5 Å². The zero-order chi connectivity index (χ0) is 24.5. The number of primary amides is 1. The molecular formula is C20H20F4N6O3. The number of anilines is 2. The van der Waals surface area contributed by atoms with E-state index < -0.39 is 47.9 Å². The molecular weight excluding hydrogens is 448 g/mol. The van der Waals surface area contributed by atoms with Crippen molar-refractivity contribution in [3.8, 4) is 6.07 Å². The molecule has 1 fully saturated rings. The van der Waals surface area contributed by atoms with E-state index in [1.54, 1.807) is 0 Å². The molecule has 4 atom stereocenters. The van der Waals surface area contributed by atoms with Gasteiger partial charge in [0.15, 0.2) is 5.82 Å². The molecule has 4 N–H and O–H groups in total. The molecule has 1 aromatic carbocycles. The van der Waals surface area contributed by atoms with Gasteiger partial charge in [-0.3, -0.25) is 9.48 Å². The highest BCUT2D eigenvalue weighted by molar-refractivity contribution is 5.98. The number of carbonyl (C=O) groups is 2. The fraction of sp³-hybridized carbons (Fsp3) is 0.400. The van der Waals surface area contributed by atoms with Crippen LogP contribution in [0.5, 0.6) is 0 Å². The van der Waals surface area contributed by atoms with Gasteiger partial charge in [0.05, 0.1) is 30.0 Å². The first-order chi connectivity index (χ1) is 15.4. The lowest BCUT2D eigenvalue weighted by molar-refractivity contribution is -0.193. The molecule has 13 heteroatoms. The van der Waals surface area contributed by atoms with Crippen LogP contribution in [0.2, 0.25) is 0 Å². The predicted molar refractivity (Wildman–Crippen MR) is 107 cm³/mol. The number of halogens is 4. The van der Waals surface area contributed by atoms with Crippen LogP contribution in [-0.2, 0) is 0 Å². The molecule has 0 saturated carbocycles. The van der Waals surface area contributed by atoms with Gasteiger partial charge in [0.2, 0.25) is 0 Å². The van der Waals surface area contributed by atoms with Gasteiger partial charge in [-0.05, 0) is 30.7 Å². The van der Waals surface area contributed by atoms with Crippen LogP contribution in [0.3, 0.4) is 0 Å². The second-order valence-corrected chi connectivity index (χ2v) is 7.68. The largest absolute Gasteiger partial charge is 0.465 e. The molecule has 2 aromatic rings. The van der Waals surface area contributed by atoms with E-state index in [2.05, 4.69) is 10.4 Å². The number of hydrogen-bond donors (Lipinski definition) is 3. The molecule has 0 aliphatic carbocycles. The summed E-state index contributed by atoms with van der Waals surface area (Å²) >= 11 is 0. The van der Waals surface area contributed by atoms with E-state index in [1.165, 1.54) is 12.1 Å². The molecule has 0 spiro atoms. The quantitative estimate of drug-likeness (QED) is 0.575. The van der Waals surface area contributed by atoms with E-state index in [0.717, 1.165) is 29.9 Å². The molecule has 0 radical (unpaired) electrons. The number of nitrogens with one attached hydrogen (secondary N) is 1. The van der Waals surface area contributed by atoms with Gasteiger partial charge in [-0.25, -0.2) is 9.18 Å². The summed E-state index contributed by atoms with van der Waals surface area (Å²) in [7, 11) is 0. The number of nitriles is 1. The highest BCUT2D eigenvalue weighted by Gasteiger charge is 2.53. The summed E-state index contributed by atoms with van der Waals surface area (Å²) in [4.78, 5) is 24.4. The van der Waals surface area contributed by atoms with Crippen LogP contribution < -0.4 is 11.1 Å². The second kappa shape index (κ2) is 8.97. The first-order valence-electron chi connectivity index (χ1n) is 9.81. The van der Waals surface area contributed by atoms with Gasteiger partial charge in [0.1, 0.15) is 11.4 Å². The van der Waals surface area contributed by atoms with E-state index in [-0.39, 0.29) is 24.3 Å². The summed E-state index contributed by atoms with van der Waals surface area (Å²) in [5.74, 6) is -4.75. The van der Waals surface area contributed by atoms with E-state index in [1.807, 2.05) is 6.07 Å². The van der Waals surface area contributed by atoms with Crippen molar-refractivity contribution >= 4 is 23.5 Å². The number of hydrogen-bond acceptors (Lipinski definition) is 5. The minimum absolute atomic E-state index is 0.0268. The Morgan fingerprint density at radius 2 is 1.97 bits per heavy atom. The SMILES string of the molecule is CC(C1C(n2cc(C(N)=O)c(Nc3ccc(F)cc3)n2)C(C#N)CCN1C(=O)O)C(F)(F)F. The average Bonchev–Trinajstić information content (AvgIpc) is 3.16. The number of rotatable bonds is 5. The second-order valence-electron chi connectivity index (χ2n) is 7.68. The molecule has 1 saturated heterocycles. The van der Waals surface area contributed by atoms with Gasteiger partial charge in [-0.15, -0.1) is 0 Å². The summed E-state index contributed by atoms with van der Waals surface area (Å²) in [6.07, 6.45) is -5.27. The normalized spacial score (nSPS) is 21.8. The Kier molecular flexibility index (Phi) is 6.48. The lowest BCUT2D eigenvalue weighted by Crippen LogP contribution is -2.57. The number of nitrogens with zero attached hydrogens (tertiary/aromatic N) is 4. The topological polar surface area (TPSA) is 137 Å². The van der Waals surface area contributed by atoms with Crippen molar-refractivity contribution in [2.45, 2.75) is 31.6 Å². The minimum atomic E-state index is -4.76. The Hall–Kier alpha value is -3.82. The third kappa shape index (κ3) is 4.84. The molecule has 9 nitrogen and oxygen atoms in total. The maximum atomic E-state index is 13.7. The van der Waals surface area contributed by atoms with Crippen molar-refractivity contribution in [1.29, 1.82) is 5.26 Å². The number of likely N-dealkylation sites (tertiary alicyclic amines) is 1. The summed E-state index contributed by atoms with van der Waals surface area (Å²) in [5, 5.41) is 26.1. The Morgan fingerprint density at radius 3 is 2.48 bits per heavy atom. The fourth-order valence-electron chi connectivity index (χ4n) is 3.97. The Balaban J connectivity index is 2.11. The summed E-state index contributed by atoms with van der Waals surface area (Å²) in [6, 6.07) is 3.88. The first-order valence-corrected chi connectivity index (χ1v) is 9.81. The van der Waals surface area contributed by atoms with Gasteiger partial charge >= 0.3 is 12.3 Å². The molecule has 1 aliphatic rings. The molecule has 33 heavy (non-hydrogen) atoms. The van der Waals surface area contributed by atoms with Crippen LogP contribution in [0.1, 0.15) is 29.7 Å². The molecule has 4 unspecified atom stereocenters.